The van der Waals surface area contributed by atoms with E-state index in [-0.39, 0.29) is 0 Å². The van der Waals surface area contributed by atoms with Crippen LogP contribution in [0.3, 0.4) is 0 Å². The first kappa shape index (κ1) is 18.5. The molecule has 1 heterocycles. The van der Waals surface area contributed by atoms with Crippen LogP contribution in [0.4, 0.5) is 0 Å². The van der Waals surface area contributed by atoms with Gasteiger partial charge in [0.05, 0.1) is 0 Å². The van der Waals surface area contributed by atoms with E-state index in [2.05, 4.69) is 54.4 Å². The number of benzene rings is 2. The summed E-state index contributed by atoms with van der Waals surface area (Å²) in [6, 6.07) is 15.9. The van der Waals surface area contributed by atoms with Gasteiger partial charge in [-0.2, -0.15) is 0 Å². The lowest BCUT2D eigenvalue weighted by molar-refractivity contribution is 0.915. The highest BCUT2D eigenvalue weighted by molar-refractivity contribution is 5.98. The molecule has 0 unspecified atom stereocenters. The van der Waals surface area contributed by atoms with E-state index in [4.69, 9.17) is 0 Å². The maximum Gasteiger partial charge on any atom is 0.0450 e. The fourth-order valence-corrected chi connectivity index (χ4v) is 4.28. The highest BCUT2D eigenvalue weighted by Crippen LogP contribution is 2.44. The van der Waals surface area contributed by atoms with E-state index < -0.39 is 0 Å². The van der Waals surface area contributed by atoms with E-state index in [9.17, 15) is 0 Å². The molecular formula is C25H31N. The van der Waals surface area contributed by atoms with Crippen molar-refractivity contribution in [3.8, 4) is 0 Å². The minimum Gasteiger partial charge on any atom is -0.359 e. The molecule has 0 spiro atoms. The van der Waals surface area contributed by atoms with E-state index in [1.165, 1.54) is 58.1 Å². The monoisotopic (exact) mass is 345 g/mol. The van der Waals surface area contributed by atoms with E-state index in [0.29, 0.717) is 0 Å². The summed E-state index contributed by atoms with van der Waals surface area (Å²) in [6.45, 7) is 10.2. The average Bonchev–Trinajstić information content (AvgIpc) is 3.10. The summed E-state index contributed by atoms with van der Waals surface area (Å²) in [5.74, 6) is 0. The summed E-state index contributed by atoms with van der Waals surface area (Å²) >= 11 is 0. The fraction of sp³-hybridized carbons (Fsp3) is 0.360. The van der Waals surface area contributed by atoms with Crippen LogP contribution in [0.15, 0.2) is 42.5 Å². The molecule has 3 aromatic rings. The second kappa shape index (κ2) is 7.95. The predicted molar refractivity (Wildman–Crippen MR) is 116 cm³/mol. The van der Waals surface area contributed by atoms with Crippen LogP contribution in [-0.4, -0.2) is 4.98 Å². The summed E-state index contributed by atoms with van der Waals surface area (Å²) in [5.41, 5.74) is 10.4. The van der Waals surface area contributed by atoms with Crippen molar-refractivity contribution in [1.82, 2.24) is 4.98 Å². The minimum atomic E-state index is 1.16. The SMILES string of the molecule is CC.CC.Cc1cc2c([nH]1)C1=C(CC2)c2cc3ccccc3cc2CC1. The topological polar surface area (TPSA) is 15.8 Å². The smallest absolute Gasteiger partial charge is 0.0450 e. The molecule has 5 rings (SSSR count). The van der Waals surface area contributed by atoms with Gasteiger partial charge in [-0.1, -0.05) is 58.0 Å². The summed E-state index contributed by atoms with van der Waals surface area (Å²) in [6.07, 6.45) is 4.69. The molecule has 1 aromatic heterocycles. The highest BCUT2D eigenvalue weighted by atomic mass is 14.7. The van der Waals surface area contributed by atoms with Gasteiger partial charge >= 0.3 is 0 Å². The number of aryl methyl sites for hydroxylation is 3. The van der Waals surface area contributed by atoms with Crippen molar-refractivity contribution < 1.29 is 0 Å². The Hall–Kier alpha value is -2.28. The molecule has 2 aromatic carbocycles. The standard InChI is InChI=1S/C21H19N.2C2H6/c1-13-10-17-7-8-18-19(21(17)22-13)9-6-16-11-14-4-2-3-5-15(14)12-20(16)18;2*1-2/h2-5,10-12,22H,6-9H2,1H3;2*1-2H3. The third-order valence-corrected chi connectivity index (χ3v) is 5.29. The molecule has 1 nitrogen and oxygen atoms in total. The Bertz CT molecular complexity index is 940. The first-order valence-corrected chi connectivity index (χ1v) is 10.2. The van der Waals surface area contributed by atoms with Gasteiger partial charge in [-0.25, -0.2) is 0 Å². The zero-order chi connectivity index (χ0) is 18.7. The molecule has 0 amide bonds. The second-order valence-corrected chi connectivity index (χ2v) is 6.67. The Morgan fingerprint density at radius 3 is 2.04 bits per heavy atom. The lowest BCUT2D eigenvalue weighted by atomic mass is 9.77. The number of hydrogen-bond acceptors (Lipinski definition) is 0. The normalized spacial score (nSPS) is 14.3. The summed E-state index contributed by atoms with van der Waals surface area (Å²) in [7, 11) is 0. The highest BCUT2D eigenvalue weighted by Gasteiger charge is 2.26. The molecule has 1 heteroatoms. The fourth-order valence-electron chi connectivity index (χ4n) is 4.28. The van der Waals surface area contributed by atoms with Crippen molar-refractivity contribution in [3.05, 3.63) is 70.5 Å². The molecule has 0 radical (unpaired) electrons. The molecule has 0 saturated heterocycles. The Balaban J connectivity index is 0.000000461. The van der Waals surface area contributed by atoms with Crippen LogP contribution < -0.4 is 0 Å². The van der Waals surface area contributed by atoms with Crippen LogP contribution in [0.1, 0.15) is 68.6 Å². The molecule has 0 atom stereocenters. The molecule has 0 saturated carbocycles. The van der Waals surface area contributed by atoms with Gasteiger partial charge in [-0.05, 0) is 83.3 Å². The Kier molecular flexibility index (Phi) is 5.66. The Morgan fingerprint density at radius 1 is 0.692 bits per heavy atom. The first-order valence-electron chi connectivity index (χ1n) is 10.2. The van der Waals surface area contributed by atoms with Crippen LogP contribution >= 0.6 is 0 Å². The second-order valence-electron chi connectivity index (χ2n) is 6.67. The largest absolute Gasteiger partial charge is 0.359 e. The van der Waals surface area contributed by atoms with Crippen molar-refractivity contribution in [3.63, 3.8) is 0 Å². The Morgan fingerprint density at radius 2 is 1.31 bits per heavy atom. The number of aromatic nitrogens is 1. The van der Waals surface area contributed by atoms with Crippen LogP contribution in [-0.2, 0) is 12.8 Å². The van der Waals surface area contributed by atoms with Crippen LogP contribution in [0.25, 0.3) is 21.9 Å². The lowest BCUT2D eigenvalue weighted by Crippen LogP contribution is -2.11. The van der Waals surface area contributed by atoms with Crippen LogP contribution in [0.5, 0.6) is 0 Å². The number of nitrogens with one attached hydrogen (secondary N) is 1. The van der Waals surface area contributed by atoms with E-state index in [1.54, 1.807) is 11.1 Å². The van der Waals surface area contributed by atoms with Gasteiger partial charge in [0.1, 0.15) is 0 Å². The van der Waals surface area contributed by atoms with Gasteiger partial charge in [0.15, 0.2) is 0 Å². The predicted octanol–water partition coefficient (Wildman–Crippen LogP) is 7.33. The molecule has 0 bridgehead atoms. The molecule has 26 heavy (non-hydrogen) atoms. The maximum atomic E-state index is 3.61. The van der Waals surface area contributed by atoms with Gasteiger partial charge in [0, 0.05) is 11.4 Å². The zero-order valence-corrected chi connectivity index (χ0v) is 16.9. The number of hydrogen-bond donors (Lipinski definition) is 1. The molecular weight excluding hydrogens is 314 g/mol. The lowest BCUT2D eigenvalue weighted by Gasteiger charge is -2.28. The number of rotatable bonds is 0. The van der Waals surface area contributed by atoms with Crippen molar-refractivity contribution in [1.29, 1.82) is 0 Å². The van der Waals surface area contributed by atoms with E-state index in [1.807, 2.05) is 27.7 Å². The maximum absolute atomic E-state index is 3.61. The van der Waals surface area contributed by atoms with Crippen molar-refractivity contribution in [2.24, 2.45) is 0 Å². The number of allylic oxidation sites excluding steroid dienone is 2. The minimum absolute atomic E-state index is 1.16. The zero-order valence-electron chi connectivity index (χ0n) is 16.9. The molecule has 136 valence electrons. The van der Waals surface area contributed by atoms with E-state index >= 15 is 0 Å². The number of fused-ring (bicyclic) bond motifs is 5. The van der Waals surface area contributed by atoms with Gasteiger partial charge in [0.2, 0.25) is 0 Å². The molecule has 0 aliphatic heterocycles. The number of H-pyrrole nitrogens is 1. The summed E-state index contributed by atoms with van der Waals surface area (Å²) in [5, 5.41) is 2.74. The van der Waals surface area contributed by atoms with Crippen molar-refractivity contribution >= 4 is 21.9 Å². The summed E-state index contributed by atoms with van der Waals surface area (Å²) in [4.78, 5) is 3.61. The molecule has 2 aliphatic carbocycles. The van der Waals surface area contributed by atoms with Crippen molar-refractivity contribution in [2.75, 3.05) is 0 Å². The third-order valence-electron chi connectivity index (χ3n) is 5.29. The number of aromatic amines is 1. The molecule has 2 aliphatic rings. The average molecular weight is 346 g/mol. The quantitative estimate of drug-likeness (QED) is 0.439. The Labute approximate surface area is 158 Å². The van der Waals surface area contributed by atoms with Crippen LogP contribution in [0.2, 0.25) is 0 Å². The van der Waals surface area contributed by atoms with Gasteiger partial charge < -0.3 is 4.98 Å². The van der Waals surface area contributed by atoms with Gasteiger partial charge in [0.25, 0.3) is 0 Å². The molecule has 0 fully saturated rings. The van der Waals surface area contributed by atoms with E-state index in [0.717, 1.165) is 6.42 Å². The first-order chi connectivity index (χ1) is 12.8. The summed E-state index contributed by atoms with van der Waals surface area (Å²) < 4.78 is 0. The molecule has 1 N–H and O–H groups in total. The van der Waals surface area contributed by atoms with Crippen molar-refractivity contribution in [2.45, 2.75) is 60.3 Å². The third kappa shape index (κ3) is 3.11. The van der Waals surface area contributed by atoms with Crippen LogP contribution in [0, 0.1) is 6.92 Å². The van der Waals surface area contributed by atoms with Gasteiger partial charge in [-0.15, -0.1) is 0 Å². The van der Waals surface area contributed by atoms with Gasteiger partial charge in [-0.3, -0.25) is 0 Å².